The normalized spacial score (nSPS) is 11.0. The van der Waals surface area contributed by atoms with E-state index < -0.39 is 5.82 Å². The number of halogens is 1. The number of nitrogens with one attached hydrogen (secondary N) is 2. The molecule has 0 atom stereocenters. The Bertz CT molecular complexity index is 463. The van der Waals surface area contributed by atoms with Crippen LogP contribution in [0.3, 0.4) is 0 Å². The van der Waals surface area contributed by atoms with Crippen molar-refractivity contribution in [1.29, 1.82) is 0 Å². The van der Waals surface area contributed by atoms with Crippen LogP contribution in [0.15, 0.2) is 23.3 Å². The Hall–Kier alpha value is -1.69. The molecule has 0 aliphatic rings. The molecule has 4 nitrogen and oxygen atoms in total. The Kier molecular flexibility index (Phi) is 5.51. The summed E-state index contributed by atoms with van der Waals surface area (Å²) in [5.41, 5.74) is 3.99. The molecule has 6 heteroatoms. The van der Waals surface area contributed by atoms with Gasteiger partial charge in [0.25, 0.3) is 0 Å². The smallest absolute Gasteiger partial charge is 0.186 e. The fourth-order valence-electron chi connectivity index (χ4n) is 1.29. The molecule has 1 aromatic carbocycles. The summed E-state index contributed by atoms with van der Waals surface area (Å²) in [5, 5.41) is 7.40. The lowest BCUT2D eigenvalue weighted by atomic mass is 10.1. The van der Waals surface area contributed by atoms with E-state index in [9.17, 15) is 4.39 Å². The summed E-state index contributed by atoms with van der Waals surface area (Å²) < 4.78 is 18.3. The van der Waals surface area contributed by atoms with Crippen LogP contribution < -0.4 is 15.5 Å². The van der Waals surface area contributed by atoms with Gasteiger partial charge in [-0.2, -0.15) is 5.10 Å². The molecule has 0 saturated carbocycles. The van der Waals surface area contributed by atoms with Crippen LogP contribution in [0.1, 0.15) is 19.4 Å². The van der Waals surface area contributed by atoms with Gasteiger partial charge < -0.3 is 10.1 Å². The molecular formula is C12H16FN3OS. The maximum atomic E-state index is 13.5. The van der Waals surface area contributed by atoms with Crippen LogP contribution in [-0.4, -0.2) is 24.5 Å². The highest BCUT2D eigenvalue weighted by Gasteiger charge is 2.05. The molecule has 0 aliphatic carbocycles. The zero-order chi connectivity index (χ0) is 13.5. The van der Waals surface area contributed by atoms with E-state index in [1.165, 1.54) is 13.2 Å². The number of methoxy groups -OCH3 is 1. The number of hydrogen-bond donors (Lipinski definition) is 2. The third-order valence-electron chi connectivity index (χ3n) is 2.23. The Morgan fingerprint density at radius 2 is 2.22 bits per heavy atom. The van der Waals surface area contributed by atoms with Crippen LogP contribution in [0.4, 0.5) is 4.39 Å². The van der Waals surface area contributed by atoms with E-state index in [4.69, 9.17) is 17.0 Å². The fraction of sp³-hybridized carbons (Fsp3) is 0.333. The minimum atomic E-state index is -0.418. The molecule has 0 amide bonds. The quantitative estimate of drug-likeness (QED) is 0.499. The first-order valence-electron chi connectivity index (χ1n) is 5.50. The Morgan fingerprint density at radius 3 is 2.78 bits per heavy atom. The van der Waals surface area contributed by atoms with Crippen molar-refractivity contribution in [3.63, 3.8) is 0 Å². The van der Waals surface area contributed by atoms with Gasteiger partial charge in [-0.15, -0.1) is 0 Å². The Balaban J connectivity index is 2.77. The number of hydrazone groups is 1. The van der Waals surface area contributed by atoms with E-state index in [2.05, 4.69) is 15.8 Å². The van der Waals surface area contributed by atoms with Gasteiger partial charge in [-0.05, 0) is 44.3 Å². The average Bonchev–Trinajstić information content (AvgIpc) is 2.36. The first-order valence-corrected chi connectivity index (χ1v) is 5.91. The van der Waals surface area contributed by atoms with Crippen LogP contribution in [0, 0.1) is 5.82 Å². The molecule has 0 unspecified atom stereocenters. The topological polar surface area (TPSA) is 45.7 Å². The largest absolute Gasteiger partial charge is 0.494 e. The van der Waals surface area contributed by atoms with Gasteiger partial charge in [-0.3, -0.25) is 5.43 Å². The first-order chi connectivity index (χ1) is 8.58. The zero-order valence-corrected chi connectivity index (χ0v) is 11.4. The summed E-state index contributed by atoms with van der Waals surface area (Å²) in [6.45, 7) is 4.42. The summed E-state index contributed by atoms with van der Waals surface area (Å²) in [6.07, 6.45) is 0. The minimum Gasteiger partial charge on any atom is -0.494 e. The molecule has 0 spiro atoms. The molecule has 0 fully saturated rings. The summed E-state index contributed by atoms with van der Waals surface area (Å²) in [5.74, 6) is -0.207. The molecule has 18 heavy (non-hydrogen) atoms. The maximum Gasteiger partial charge on any atom is 0.186 e. The van der Waals surface area contributed by atoms with Gasteiger partial charge in [-0.25, -0.2) is 4.39 Å². The highest BCUT2D eigenvalue weighted by molar-refractivity contribution is 7.80. The molecule has 2 N–H and O–H groups in total. The van der Waals surface area contributed by atoms with Crippen molar-refractivity contribution in [2.45, 2.75) is 13.8 Å². The number of ether oxygens (including phenoxy) is 1. The number of thiocarbonyl (C=S) groups is 1. The number of rotatable bonds is 4. The lowest BCUT2D eigenvalue weighted by Gasteiger charge is -2.07. The second-order valence-electron chi connectivity index (χ2n) is 3.52. The Labute approximate surface area is 111 Å². The molecule has 0 aromatic heterocycles. The van der Waals surface area contributed by atoms with Crippen LogP contribution in [-0.2, 0) is 0 Å². The summed E-state index contributed by atoms with van der Waals surface area (Å²) in [7, 11) is 1.43. The molecule has 98 valence electrons. The SMILES string of the molecule is CCNC(=S)N/N=C(/C)c1ccc(OC)c(F)c1. The van der Waals surface area contributed by atoms with E-state index in [1.54, 1.807) is 19.1 Å². The maximum absolute atomic E-state index is 13.5. The average molecular weight is 269 g/mol. The van der Waals surface area contributed by atoms with E-state index in [-0.39, 0.29) is 5.75 Å². The van der Waals surface area contributed by atoms with Gasteiger partial charge in [0, 0.05) is 12.1 Å². The highest BCUT2D eigenvalue weighted by Crippen LogP contribution is 2.17. The third-order valence-corrected chi connectivity index (χ3v) is 2.47. The van der Waals surface area contributed by atoms with Crippen LogP contribution in [0.25, 0.3) is 0 Å². The number of hydrogen-bond acceptors (Lipinski definition) is 3. The lowest BCUT2D eigenvalue weighted by Crippen LogP contribution is -2.32. The van der Waals surface area contributed by atoms with Crippen molar-refractivity contribution in [2.24, 2.45) is 5.10 Å². The lowest BCUT2D eigenvalue weighted by molar-refractivity contribution is 0.386. The molecule has 0 aliphatic heterocycles. The van der Waals surface area contributed by atoms with Gasteiger partial charge in [-0.1, -0.05) is 0 Å². The molecule has 1 rings (SSSR count). The van der Waals surface area contributed by atoms with Crippen molar-refractivity contribution in [1.82, 2.24) is 10.7 Å². The van der Waals surface area contributed by atoms with E-state index in [1.807, 2.05) is 6.92 Å². The molecule has 0 heterocycles. The molecule has 0 saturated heterocycles. The Morgan fingerprint density at radius 1 is 1.50 bits per heavy atom. The number of benzene rings is 1. The predicted octanol–water partition coefficient (Wildman–Crippen LogP) is 2.04. The highest BCUT2D eigenvalue weighted by atomic mass is 32.1. The van der Waals surface area contributed by atoms with Gasteiger partial charge in [0.1, 0.15) is 0 Å². The summed E-state index contributed by atoms with van der Waals surface area (Å²) in [4.78, 5) is 0. The summed E-state index contributed by atoms with van der Waals surface area (Å²) in [6, 6.07) is 4.67. The van der Waals surface area contributed by atoms with E-state index in [0.29, 0.717) is 16.4 Å². The molecule has 0 bridgehead atoms. The third kappa shape index (κ3) is 3.96. The van der Waals surface area contributed by atoms with Crippen LogP contribution in [0.5, 0.6) is 5.75 Å². The second kappa shape index (κ2) is 6.90. The van der Waals surface area contributed by atoms with Crippen molar-refractivity contribution in [3.05, 3.63) is 29.6 Å². The van der Waals surface area contributed by atoms with Crippen molar-refractivity contribution < 1.29 is 9.13 Å². The molecule has 0 radical (unpaired) electrons. The minimum absolute atomic E-state index is 0.211. The molecular weight excluding hydrogens is 253 g/mol. The van der Waals surface area contributed by atoms with Crippen molar-refractivity contribution >= 4 is 23.0 Å². The van der Waals surface area contributed by atoms with E-state index in [0.717, 1.165) is 6.54 Å². The van der Waals surface area contributed by atoms with Crippen LogP contribution >= 0.6 is 12.2 Å². The van der Waals surface area contributed by atoms with Gasteiger partial charge in [0.2, 0.25) is 0 Å². The van der Waals surface area contributed by atoms with Crippen molar-refractivity contribution in [2.75, 3.05) is 13.7 Å². The monoisotopic (exact) mass is 269 g/mol. The van der Waals surface area contributed by atoms with Gasteiger partial charge >= 0.3 is 0 Å². The second-order valence-corrected chi connectivity index (χ2v) is 3.93. The molecule has 1 aromatic rings. The fourth-order valence-corrected chi connectivity index (χ4v) is 1.48. The predicted molar refractivity (Wildman–Crippen MR) is 74.6 cm³/mol. The van der Waals surface area contributed by atoms with Gasteiger partial charge in [0.15, 0.2) is 16.7 Å². The van der Waals surface area contributed by atoms with Crippen molar-refractivity contribution in [3.8, 4) is 5.75 Å². The zero-order valence-electron chi connectivity index (χ0n) is 10.6. The van der Waals surface area contributed by atoms with E-state index >= 15 is 0 Å². The van der Waals surface area contributed by atoms with Gasteiger partial charge in [0.05, 0.1) is 12.8 Å². The van der Waals surface area contributed by atoms with Crippen LogP contribution in [0.2, 0.25) is 0 Å². The number of nitrogens with zero attached hydrogens (tertiary/aromatic N) is 1. The summed E-state index contributed by atoms with van der Waals surface area (Å²) >= 11 is 4.96. The first kappa shape index (κ1) is 14.4. The standard InChI is InChI=1S/C12H16FN3OS/c1-4-14-12(18)16-15-8(2)9-5-6-11(17-3)10(13)7-9/h5-7H,4H2,1-3H3,(H2,14,16,18)/b15-8-.